The van der Waals surface area contributed by atoms with Gasteiger partial charge in [-0.15, -0.1) is 0 Å². The van der Waals surface area contributed by atoms with Crippen molar-refractivity contribution in [1.82, 2.24) is 0 Å². The zero-order valence-corrected chi connectivity index (χ0v) is 8.90. The molecule has 0 aromatic heterocycles. The molecule has 0 spiro atoms. The predicted octanol–water partition coefficient (Wildman–Crippen LogP) is 3.50. The Balaban J connectivity index is 2.19. The van der Waals surface area contributed by atoms with E-state index in [9.17, 15) is 0 Å². The minimum absolute atomic E-state index is 0.585. The molecule has 1 heteroatoms. The van der Waals surface area contributed by atoms with E-state index in [0.717, 1.165) is 5.92 Å². The highest BCUT2D eigenvalue weighted by atomic mass is 14.7. The minimum atomic E-state index is 0.585. The van der Waals surface area contributed by atoms with Crippen LogP contribution in [0.5, 0.6) is 0 Å². The summed E-state index contributed by atoms with van der Waals surface area (Å²) in [6.45, 7) is 4.56. The normalized spacial score (nSPS) is 26.6. The standard InChI is InChI=1S/C13H17N/c1-3-10(2)11-4-5-13-9-14-7-6-12(13)8-11/h4-7,9-10,12H,3,8H2,1-2H3. The summed E-state index contributed by atoms with van der Waals surface area (Å²) in [7, 11) is 0. The van der Waals surface area contributed by atoms with Crippen LogP contribution in [0.1, 0.15) is 26.7 Å². The van der Waals surface area contributed by atoms with E-state index in [1.807, 2.05) is 12.4 Å². The molecule has 2 atom stereocenters. The van der Waals surface area contributed by atoms with E-state index in [0.29, 0.717) is 5.92 Å². The summed E-state index contributed by atoms with van der Waals surface area (Å²) < 4.78 is 0. The Bertz CT molecular complexity index is 331. The van der Waals surface area contributed by atoms with E-state index in [2.05, 4.69) is 37.1 Å². The minimum Gasteiger partial charge on any atom is -0.265 e. The van der Waals surface area contributed by atoms with E-state index < -0.39 is 0 Å². The molecule has 0 N–H and O–H groups in total. The molecule has 2 unspecified atom stereocenters. The van der Waals surface area contributed by atoms with Gasteiger partial charge in [-0.25, -0.2) is 0 Å². The van der Waals surface area contributed by atoms with Crippen molar-refractivity contribution >= 4 is 6.21 Å². The van der Waals surface area contributed by atoms with Gasteiger partial charge in [0.05, 0.1) is 0 Å². The SMILES string of the molecule is CCC(C)C1=CC=C2C=NC=CC2C1. The summed E-state index contributed by atoms with van der Waals surface area (Å²) in [5.41, 5.74) is 2.95. The van der Waals surface area contributed by atoms with Crippen LogP contribution in [0.3, 0.4) is 0 Å². The van der Waals surface area contributed by atoms with Gasteiger partial charge in [-0.1, -0.05) is 37.6 Å². The summed E-state index contributed by atoms with van der Waals surface area (Å²) in [5.74, 6) is 1.31. The van der Waals surface area contributed by atoms with Crippen molar-refractivity contribution in [3.63, 3.8) is 0 Å². The van der Waals surface area contributed by atoms with Crippen LogP contribution in [0.2, 0.25) is 0 Å². The molecule has 1 nitrogen and oxygen atoms in total. The molecule has 1 aliphatic heterocycles. The second-order valence-electron chi connectivity index (χ2n) is 4.15. The summed E-state index contributed by atoms with van der Waals surface area (Å²) in [6.07, 6.45) is 13.0. The smallest absolute Gasteiger partial charge is 0.0305 e. The highest BCUT2D eigenvalue weighted by Gasteiger charge is 2.19. The molecule has 74 valence electrons. The van der Waals surface area contributed by atoms with Crippen molar-refractivity contribution < 1.29 is 0 Å². The van der Waals surface area contributed by atoms with E-state index in [-0.39, 0.29) is 0 Å². The van der Waals surface area contributed by atoms with Gasteiger partial charge in [0.25, 0.3) is 0 Å². The third-order valence-electron chi connectivity index (χ3n) is 3.25. The number of allylic oxidation sites excluding steroid dienone is 5. The molecule has 0 bridgehead atoms. The van der Waals surface area contributed by atoms with E-state index in [4.69, 9.17) is 0 Å². The van der Waals surface area contributed by atoms with Gasteiger partial charge in [0.15, 0.2) is 0 Å². The van der Waals surface area contributed by atoms with Crippen molar-refractivity contribution in [2.45, 2.75) is 26.7 Å². The molecule has 1 heterocycles. The third-order valence-corrected chi connectivity index (χ3v) is 3.25. The molecule has 14 heavy (non-hydrogen) atoms. The zero-order chi connectivity index (χ0) is 9.97. The van der Waals surface area contributed by atoms with Crippen LogP contribution in [0, 0.1) is 11.8 Å². The maximum absolute atomic E-state index is 4.15. The maximum atomic E-state index is 4.15. The molecule has 0 saturated heterocycles. The molecule has 0 aromatic rings. The highest BCUT2D eigenvalue weighted by Crippen LogP contribution is 2.31. The van der Waals surface area contributed by atoms with Crippen LogP contribution in [0.15, 0.2) is 40.6 Å². The van der Waals surface area contributed by atoms with Gasteiger partial charge < -0.3 is 0 Å². The van der Waals surface area contributed by atoms with E-state index in [1.54, 1.807) is 5.57 Å². The quantitative estimate of drug-likeness (QED) is 0.627. The van der Waals surface area contributed by atoms with Gasteiger partial charge in [-0.2, -0.15) is 0 Å². The lowest BCUT2D eigenvalue weighted by Crippen LogP contribution is -2.13. The average Bonchev–Trinajstić information content (AvgIpc) is 2.27. The Morgan fingerprint density at radius 1 is 1.50 bits per heavy atom. The zero-order valence-electron chi connectivity index (χ0n) is 8.90. The first-order valence-electron chi connectivity index (χ1n) is 5.41. The molecular formula is C13H17N. The Hall–Kier alpha value is -1.11. The van der Waals surface area contributed by atoms with Crippen molar-refractivity contribution in [3.05, 3.63) is 35.6 Å². The summed E-state index contributed by atoms with van der Waals surface area (Å²) in [5, 5.41) is 0. The fraction of sp³-hybridized carbons (Fsp3) is 0.462. The Kier molecular flexibility index (Phi) is 2.67. The molecule has 0 fully saturated rings. The van der Waals surface area contributed by atoms with Gasteiger partial charge in [-0.3, -0.25) is 4.99 Å². The Morgan fingerprint density at radius 3 is 3.14 bits per heavy atom. The van der Waals surface area contributed by atoms with E-state index in [1.165, 1.54) is 18.4 Å². The van der Waals surface area contributed by atoms with Crippen molar-refractivity contribution in [2.75, 3.05) is 0 Å². The second kappa shape index (κ2) is 3.95. The third kappa shape index (κ3) is 1.72. The van der Waals surface area contributed by atoms with Crippen molar-refractivity contribution in [3.8, 4) is 0 Å². The van der Waals surface area contributed by atoms with Crippen molar-refractivity contribution in [2.24, 2.45) is 16.8 Å². The summed E-state index contributed by atoms with van der Waals surface area (Å²) >= 11 is 0. The highest BCUT2D eigenvalue weighted by molar-refractivity contribution is 5.82. The van der Waals surface area contributed by atoms with Crippen LogP contribution in [-0.4, -0.2) is 6.21 Å². The van der Waals surface area contributed by atoms with E-state index >= 15 is 0 Å². The van der Waals surface area contributed by atoms with Gasteiger partial charge >= 0.3 is 0 Å². The van der Waals surface area contributed by atoms with Crippen LogP contribution < -0.4 is 0 Å². The average molecular weight is 187 g/mol. The first-order valence-corrected chi connectivity index (χ1v) is 5.41. The van der Waals surface area contributed by atoms with Crippen LogP contribution in [0.4, 0.5) is 0 Å². The number of nitrogens with zero attached hydrogens (tertiary/aromatic N) is 1. The molecule has 0 radical (unpaired) electrons. The fourth-order valence-electron chi connectivity index (χ4n) is 1.99. The summed E-state index contributed by atoms with van der Waals surface area (Å²) in [6, 6.07) is 0. The summed E-state index contributed by atoms with van der Waals surface area (Å²) in [4.78, 5) is 4.15. The van der Waals surface area contributed by atoms with Gasteiger partial charge in [0.1, 0.15) is 0 Å². The second-order valence-corrected chi connectivity index (χ2v) is 4.15. The number of fused-ring (bicyclic) bond motifs is 1. The predicted molar refractivity (Wildman–Crippen MR) is 61.4 cm³/mol. The first-order chi connectivity index (χ1) is 6.81. The van der Waals surface area contributed by atoms with Crippen molar-refractivity contribution in [1.29, 1.82) is 0 Å². The lowest BCUT2D eigenvalue weighted by Gasteiger charge is -2.24. The van der Waals surface area contributed by atoms with Crippen LogP contribution in [-0.2, 0) is 0 Å². The van der Waals surface area contributed by atoms with Crippen LogP contribution in [0.25, 0.3) is 0 Å². The maximum Gasteiger partial charge on any atom is 0.0305 e. The fourth-order valence-corrected chi connectivity index (χ4v) is 1.99. The Morgan fingerprint density at radius 2 is 2.36 bits per heavy atom. The topological polar surface area (TPSA) is 12.4 Å². The molecular weight excluding hydrogens is 170 g/mol. The molecule has 1 aliphatic carbocycles. The number of hydrogen-bond acceptors (Lipinski definition) is 1. The van der Waals surface area contributed by atoms with Gasteiger partial charge in [-0.05, 0) is 24.3 Å². The molecule has 0 amide bonds. The Labute approximate surface area is 85.9 Å². The monoisotopic (exact) mass is 187 g/mol. The largest absolute Gasteiger partial charge is 0.265 e. The molecule has 2 rings (SSSR count). The van der Waals surface area contributed by atoms with Gasteiger partial charge in [0, 0.05) is 18.3 Å². The number of aliphatic imine (C=N–C) groups is 1. The van der Waals surface area contributed by atoms with Crippen LogP contribution >= 0.6 is 0 Å². The molecule has 2 aliphatic rings. The number of hydrogen-bond donors (Lipinski definition) is 0. The lowest BCUT2D eigenvalue weighted by atomic mass is 9.81. The lowest BCUT2D eigenvalue weighted by molar-refractivity contribution is 0.589. The first kappa shape index (κ1) is 9.45. The molecule has 0 aromatic carbocycles. The molecule has 0 saturated carbocycles. The van der Waals surface area contributed by atoms with Gasteiger partial charge in [0.2, 0.25) is 0 Å². The number of rotatable bonds is 2.